The van der Waals surface area contributed by atoms with E-state index in [1.807, 2.05) is 0 Å². The molecule has 8 heteroatoms. The normalized spacial score (nSPS) is 11.0. The molecular weight excluding hydrogens is 248 g/mol. The number of hydrogen-bond donors (Lipinski definition) is 0. The summed E-state index contributed by atoms with van der Waals surface area (Å²) in [4.78, 5) is 19.3. The van der Waals surface area contributed by atoms with Crippen molar-refractivity contribution in [2.45, 2.75) is 0 Å². The lowest BCUT2D eigenvalue weighted by Crippen LogP contribution is -2.17. The first-order chi connectivity index (χ1) is 7.87. The fraction of sp³-hybridized carbons (Fsp3) is 0.444. The molecule has 1 rings (SSSR count). The number of nitrogens with zero attached hydrogens (tertiary/aromatic N) is 2. The average molecular weight is 260 g/mol. The third-order valence-corrected chi connectivity index (χ3v) is 2.56. The Morgan fingerprint density at radius 2 is 2.00 bits per heavy atom. The molecule has 0 radical (unpaired) electrons. The second kappa shape index (κ2) is 5.09. The van der Waals surface area contributed by atoms with E-state index in [1.54, 1.807) is 0 Å². The lowest BCUT2D eigenvalue weighted by atomic mass is 10.3. The molecule has 0 aliphatic rings. The van der Waals surface area contributed by atoms with E-state index in [0.717, 1.165) is 6.26 Å². The van der Waals surface area contributed by atoms with E-state index in [1.165, 1.54) is 20.4 Å². The van der Waals surface area contributed by atoms with E-state index in [-0.39, 0.29) is 17.5 Å². The zero-order chi connectivity index (χ0) is 13.1. The zero-order valence-electron chi connectivity index (χ0n) is 9.63. The van der Waals surface area contributed by atoms with Crippen LogP contribution in [-0.2, 0) is 9.84 Å². The molecule has 0 N–H and O–H groups in total. The molecule has 0 aliphatic carbocycles. The molecule has 0 bridgehead atoms. The first-order valence-corrected chi connectivity index (χ1v) is 6.59. The Kier molecular flexibility index (Phi) is 4.00. The lowest BCUT2D eigenvalue weighted by molar-refractivity contribution is 0.101. The van der Waals surface area contributed by atoms with Crippen molar-refractivity contribution in [3.8, 4) is 11.8 Å². The minimum atomic E-state index is -3.42. The molecule has 1 heterocycles. The third-order valence-electron chi connectivity index (χ3n) is 1.78. The number of hydrogen-bond acceptors (Lipinski definition) is 7. The van der Waals surface area contributed by atoms with Gasteiger partial charge in [0.1, 0.15) is 5.75 Å². The molecular formula is C9H12N2O5S. The van der Waals surface area contributed by atoms with Crippen LogP contribution in [0.3, 0.4) is 0 Å². The van der Waals surface area contributed by atoms with Crippen LogP contribution in [0.1, 0.15) is 10.5 Å². The molecule has 0 spiro atoms. The summed E-state index contributed by atoms with van der Waals surface area (Å²) in [6.07, 6.45) is 2.19. The summed E-state index contributed by atoms with van der Waals surface area (Å²) in [6, 6.07) is 0. The third kappa shape index (κ3) is 3.66. The molecule has 17 heavy (non-hydrogen) atoms. The molecule has 0 saturated carbocycles. The SMILES string of the molecule is COc1cnc(C(=O)CS(C)(=O)=O)c(OC)n1. The van der Waals surface area contributed by atoms with E-state index in [0.29, 0.717) is 0 Å². The molecule has 0 atom stereocenters. The van der Waals surface area contributed by atoms with Gasteiger partial charge in [0.25, 0.3) is 0 Å². The minimum Gasteiger partial charge on any atom is -0.480 e. The number of carbonyl (C=O) groups excluding carboxylic acids is 1. The van der Waals surface area contributed by atoms with E-state index in [4.69, 9.17) is 9.47 Å². The van der Waals surface area contributed by atoms with Gasteiger partial charge in [-0.25, -0.2) is 13.4 Å². The van der Waals surface area contributed by atoms with Crippen molar-refractivity contribution in [3.05, 3.63) is 11.9 Å². The van der Waals surface area contributed by atoms with Crippen LogP contribution in [-0.4, -0.2) is 50.4 Å². The number of rotatable bonds is 5. The summed E-state index contributed by atoms with van der Waals surface area (Å²) in [6.45, 7) is 0. The fourth-order valence-electron chi connectivity index (χ4n) is 1.10. The van der Waals surface area contributed by atoms with Gasteiger partial charge in [-0.05, 0) is 0 Å². The Labute approximate surface area is 98.7 Å². The summed E-state index contributed by atoms with van der Waals surface area (Å²) in [5.41, 5.74) is -0.126. The first-order valence-electron chi connectivity index (χ1n) is 4.53. The van der Waals surface area contributed by atoms with Crippen molar-refractivity contribution >= 4 is 15.6 Å². The number of methoxy groups -OCH3 is 2. The van der Waals surface area contributed by atoms with Gasteiger partial charge in [0, 0.05) is 6.26 Å². The predicted octanol–water partition coefficient (Wildman–Crippen LogP) is -0.279. The number of ether oxygens (including phenoxy) is 2. The summed E-state index contributed by atoms with van der Waals surface area (Å²) in [5.74, 6) is -1.18. The first kappa shape index (κ1) is 13.4. The maximum Gasteiger partial charge on any atom is 0.246 e. The van der Waals surface area contributed by atoms with Crippen LogP contribution in [0.25, 0.3) is 0 Å². The Morgan fingerprint density at radius 1 is 1.35 bits per heavy atom. The van der Waals surface area contributed by atoms with Crippen molar-refractivity contribution in [2.24, 2.45) is 0 Å². The van der Waals surface area contributed by atoms with Gasteiger partial charge in [-0.15, -0.1) is 0 Å². The number of sulfone groups is 1. The highest BCUT2D eigenvalue weighted by Crippen LogP contribution is 2.17. The van der Waals surface area contributed by atoms with Crippen molar-refractivity contribution < 1.29 is 22.7 Å². The highest BCUT2D eigenvalue weighted by Gasteiger charge is 2.20. The molecule has 0 saturated heterocycles. The average Bonchev–Trinajstić information content (AvgIpc) is 2.25. The Hall–Kier alpha value is -1.70. The van der Waals surface area contributed by atoms with Gasteiger partial charge in [0.05, 0.1) is 20.4 Å². The van der Waals surface area contributed by atoms with Gasteiger partial charge in [-0.3, -0.25) is 4.79 Å². The van der Waals surface area contributed by atoms with Gasteiger partial charge in [-0.1, -0.05) is 0 Å². The molecule has 1 aromatic rings. The van der Waals surface area contributed by atoms with Gasteiger partial charge in [-0.2, -0.15) is 4.98 Å². The smallest absolute Gasteiger partial charge is 0.246 e. The highest BCUT2D eigenvalue weighted by atomic mass is 32.2. The van der Waals surface area contributed by atoms with Crippen LogP contribution in [0.5, 0.6) is 11.8 Å². The number of carbonyl (C=O) groups is 1. The summed E-state index contributed by atoms with van der Waals surface area (Å²) in [7, 11) is -0.720. The Morgan fingerprint density at radius 3 is 2.47 bits per heavy atom. The molecule has 0 fully saturated rings. The quantitative estimate of drug-likeness (QED) is 0.672. The van der Waals surface area contributed by atoms with Gasteiger partial charge >= 0.3 is 0 Å². The van der Waals surface area contributed by atoms with Crippen LogP contribution in [0.15, 0.2) is 6.20 Å². The second-order valence-corrected chi connectivity index (χ2v) is 5.40. The molecule has 7 nitrogen and oxygen atoms in total. The lowest BCUT2D eigenvalue weighted by Gasteiger charge is -2.06. The predicted molar refractivity (Wildman–Crippen MR) is 59.2 cm³/mol. The molecule has 0 aromatic carbocycles. The maximum absolute atomic E-state index is 11.6. The Balaban J connectivity index is 3.09. The fourth-order valence-corrected chi connectivity index (χ4v) is 1.71. The van der Waals surface area contributed by atoms with Crippen LogP contribution < -0.4 is 9.47 Å². The van der Waals surface area contributed by atoms with Crippen LogP contribution in [0, 0.1) is 0 Å². The molecule has 0 aliphatic heterocycles. The monoisotopic (exact) mass is 260 g/mol. The minimum absolute atomic E-state index is 0.0574. The molecule has 94 valence electrons. The summed E-state index contributed by atoms with van der Waals surface area (Å²) in [5, 5.41) is 0. The van der Waals surface area contributed by atoms with E-state index in [2.05, 4.69) is 9.97 Å². The molecule has 0 unspecified atom stereocenters. The van der Waals surface area contributed by atoms with Crippen LogP contribution >= 0.6 is 0 Å². The van der Waals surface area contributed by atoms with Crippen molar-refractivity contribution in [3.63, 3.8) is 0 Å². The topological polar surface area (TPSA) is 95.5 Å². The van der Waals surface area contributed by atoms with E-state index < -0.39 is 21.4 Å². The maximum atomic E-state index is 11.6. The second-order valence-electron chi connectivity index (χ2n) is 3.26. The van der Waals surface area contributed by atoms with E-state index in [9.17, 15) is 13.2 Å². The number of aromatic nitrogens is 2. The van der Waals surface area contributed by atoms with Crippen LogP contribution in [0.2, 0.25) is 0 Å². The van der Waals surface area contributed by atoms with Crippen LogP contribution in [0.4, 0.5) is 0 Å². The zero-order valence-corrected chi connectivity index (χ0v) is 10.4. The van der Waals surface area contributed by atoms with Gasteiger partial charge in [0.15, 0.2) is 15.5 Å². The van der Waals surface area contributed by atoms with Crippen molar-refractivity contribution in [1.29, 1.82) is 0 Å². The van der Waals surface area contributed by atoms with Crippen molar-refractivity contribution in [2.75, 3.05) is 26.2 Å². The largest absolute Gasteiger partial charge is 0.480 e. The van der Waals surface area contributed by atoms with E-state index >= 15 is 0 Å². The summed E-state index contributed by atoms with van der Waals surface area (Å²) < 4.78 is 31.7. The number of Topliss-reactive ketones (excluding diaryl/α,β-unsaturated/α-hetero) is 1. The van der Waals surface area contributed by atoms with Gasteiger partial charge < -0.3 is 9.47 Å². The molecule has 1 aromatic heterocycles. The molecule has 0 amide bonds. The number of ketones is 1. The Bertz CT molecular complexity index is 526. The standard InChI is InChI=1S/C9H12N2O5S/c1-15-7-4-10-8(9(11-7)16-2)6(12)5-17(3,13)14/h4H,5H2,1-3H3. The van der Waals surface area contributed by atoms with Gasteiger partial charge in [0.2, 0.25) is 17.5 Å². The van der Waals surface area contributed by atoms with Crippen molar-refractivity contribution in [1.82, 2.24) is 9.97 Å². The highest BCUT2D eigenvalue weighted by molar-refractivity contribution is 7.91. The summed E-state index contributed by atoms with van der Waals surface area (Å²) >= 11 is 0.